The lowest BCUT2D eigenvalue weighted by atomic mass is 10.2. The molecule has 0 aliphatic heterocycles. The third kappa shape index (κ3) is 5.02. The van der Waals surface area contributed by atoms with Crippen LogP contribution in [-0.4, -0.2) is 38.8 Å². The molecule has 0 fully saturated rings. The van der Waals surface area contributed by atoms with Crippen LogP contribution in [0.5, 0.6) is 0 Å². The zero-order valence-electron chi connectivity index (χ0n) is 11.9. The molecule has 0 bridgehead atoms. The average molecular weight is 251 g/mol. The second-order valence-electron chi connectivity index (χ2n) is 4.89. The number of hydrogen-bond acceptors (Lipinski definition) is 4. The maximum atomic E-state index is 5.17. The summed E-state index contributed by atoms with van der Waals surface area (Å²) in [4.78, 5) is 6.76. The summed E-state index contributed by atoms with van der Waals surface area (Å²) in [5.41, 5.74) is 1.26. The van der Waals surface area contributed by atoms with Gasteiger partial charge >= 0.3 is 0 Å². The van der Waals surface area contributed by atoms with Crippen molar-refractivity contribution in [2.24, 2.45) is 5.92 Å². The van der Waals surface area contributed by atoms with Crippen LogP contribution in [0.1, 0.15) is 19.4 Å². The zero-order chi connectivity index (χ0) is 13.4. The van der Waals surface area contributed by atoms with Crippen molar-refractivity contribution in [1.82, 2.24) is 10.3 Å². The van der Waals surface area contributed by atoms with Crippen LogP contribution < -0.4 is 10.2 Å². The predicted molar refractivity (Wildman–Crippen MR) is 75.9 cm³/mol. The molecule has 0 atom stereocenters. The second-order valence-corrected chi connectivity index (χ2v) is 4.89. The molecule has 0 spiro atoms. The number of aromatic nitrogens is 1. The first-order valence-electron chi connectivity index (χ1n) is 6.50. The van der Waals surface area contributed by atoms with Crippen molar-refractivity contribution < 1.29 is 4.74 Å². The Labute approximate surface area is 110 Å². The Bertz CT molecular complexity index is 342. The quantitative estimate of drug-likeness (QED) is 0.766. The molecule has 1 N–H and O–H groups in total. The summed E-state index contributed by atoms with van der Waals surface area (Å²) >= 11 is 0. The van der Waals surface area contributed by atoms with Gasteiger partial charge in [-0.2, -0.15) is 0 Å². The standard InChI is InChI=1S/C14H25N3O/c1-12(2)11-17(7-8-18-4)14-9-13(10-15-3)5-6-16-14/h5-6,9,12,15H,7-8,10-11H2,1-4H3. The lowest BCUT2D eigenvalue weighted by molar-refractivity contribution is 0.204. The molecule has 0 amide bonds. The van der Waals surface area contributed by atoms with E-state index < -0.39 is 0 Å². The third-order valence-corrected chi connectivity index (χ3v) is 2.67. The summed E-state index contributed by atoms with van der Waals surface area (Å²) in [5.74, 6) is 1.64. The third-order valence-electron chi connectivity index (χ3n) is 2.67. The molecule has 1 heterocycles. The summed E-state index contributed by atoms with van der Waals surface area (Å²) in [7, 11) is 3.69. The van der Waals surface area contributed by atoms with Crippen LogP contribution in [0, 0.1) is 5.92 Å². The number of methoxy groups -OCH3 is 1. The van der Waals surface area contributed by atoms with Gasteiger partial charge in [-0.3, -0.25) is 0 Å². The van der Waals surface area contributed by atoms with Gasteiger partial charge in [0.25, 0.3) is 0 Å². The van der Waals surface area contributed by atoms with Crippen LogP contribution in [-0.2, 0) is 11.3 Å². The van der Waals surface area contributed by atoms with E-state index in [2.05, 4.69) is 35.1 Å². The van der Waals surface area contributed by atoms with Gasteiger partial charge in [0.15, 0.2) is 0 Å². The van der Waals surface area contributed by atoms with E-state index >= 15 is 0 Å². The molecule has 1 aromatic heterocycles. The molecule has 0 aliphatic carbocycles. The van der Waals surface area contributed by atoms with E-state index in [-0.39, 0.29) is 0 Å². The van der Waals surface area contributed by atoms with Gasteiger partial charge in [0.1, 0.15) is 5.82 Å². The zero-order valence-corrected chi connectivity index (χ0v) is 11.9. The first-order chi connectivity index (χ1) is 8.67. The van der Waals surface area contributed by atoms with E-state index in [1.54, 1.807) is 7.11 Å². The SMILES string of the molecule is CNCc1ccnc(N(CCOC)CC(C)C)c1. The van der Waals surface area contributed by atoms with Gasteiger partial charge in [0.05, 0.1) is 6.61 Å². The van der Waals surface area contributed by atoms with Gasteiger partial charge in [0.2, 0.25) is 0 Å². The molecule has 4 nitrogen and oxygen atoms in total. The van der Waals surface area contributed by atoms with Gasteiger partial charge < -0.3 is 15.0 Å². The molecule has 1 rings (SSSR count). The number of rotatable bonds is 8. The lowest BCUT2D eigenvalue weighted by Gasteiger charge is -2.25. The normalized spacial score (nSPS) is 10.9. The molecule has 0 unspecified atom stereocenters. The van der Waals surface area contributed by atoms with Crippen LogP contribution in [0.4, 0.5) is 5.82 Å². The first-order valence-corrected chi connectivity index (χ1v) is 6.50. The number of nitrogens with one attached hydrogen (secondary N) is 1. The highest BCUT2D eigenvalue weighted by Gasteiger charge is 2.10. The predicted octanol–water partition coefficient (Wildman–Crippen LogP) is 1.91. The summed E-state index contributed by atoms with van der Waals surface area (Å²) in [6, 6.07) is 4.19. The van der Waals surface area contributed by atoms with Crippen molar-refractivity contribution in [3.8, 4) is 0 Å². The minimum Gasteiger partial charge on any atom is -0.383 e. The fourth-order valence-electron chi connectivity index (χ4n) is 1.89. The maximum Gasteiger partial charge on any atom is 0.128 e. The number of hydrogen-bond donors (Lipinski definition) is 1. The first kappa shape index (κ1) is 14.9. The summed E-state index contributed by atoms with van der Waals surface area (Å²) in [5, 5.41) is 3.16. The largest absolute Gasteiger partial charge is 0.383 e. The molecule has 0 aromatic carbocycles. The number of anilines is 1. The van der Waals surface area contributed by atoms with Gasteiger partial charge in [-0.05, 0) is 30.7 Å². The Kier molecular flexibility index (Phi) is 6.68. The Hall–Kier alpha value is -1.13. The van der Waals surface area contributed by atoms with Crippen molar-refractivity contribution >= 4 is 5.82 Å². The van der Waals surface area contributed by atoms with Gasteiger partial charge in [0, 0.05) is 32.9 Å². The topological polar surface area (TPSA) is 37.4 Å². The second kappa shape index (κ2) is 8.06. The van der Waals surface area contributed by atoms with Gasteiger partial charge in [-0.15, -0.1) is 0 Å². The van der Waals surface area contributed by atoms with E-state index in [0.717, 1.165) is 32.1 Å². The van der Waals surface area contributed by atoms with Gasteiger partial charge in [-0.25, -0.2) is 4.98 Å². The molecule has 102 valence electrons. The number of nitrogens with zero attached hydrogens (tertiary/aromatic N) is 2. The highest BCUT2D eigenvalue weighted by Crippen LogP contribution is 2.14. The minimum absolute atomic E-state index is 0.608. The molecular weight excluding hydrogens is 226 g/mol. The average Bonchev–Trinajstić information content (AvgIpc) is 2.35. The van der Waals surface area contributed by atoms with Crippen molar-refractivity contribution in [2.45, 2.75) is 20.4 Å². The lowest BCUT2D eigenvalue weighted by Crippen LogP contribution is -2.31. The fourth-order valence-corrected chi connectivity index (χ4v) is 1.89. The Balaban J connectivity index is 2.78. The van der Waals surface area contributed by atoms with E-state index in [4.69, 9.17) is 4.74 Å². The summed E-state index contributed by atoms with van der Waals surface area (Å²) in [6.07, 6.45) is 1.88. The summed E-state index contributed by atoms with van der Waals surface area (Å²) in [6.45, 7) is 7.92. The van der Waals surface area contributed by atoms with Crippen molar-refractivity contribution in [2.75, 3.05) is 38.8 Å². The van der Waals surface area contributed by atoms with Crippen LogP contribution >= 0.6 is 0 Å². The van der Waals surface area contributed by atoms with Crippen molar-refractivity contribution in [3.63, 3.8) is 0 Å². The van der Waals surface area contributed by atoms with E-state index in [9.17, 15) is 0 Å². The molecule has 0 aliphatic rings. The van der Waals surface area contributed by atoms with Crippen LogP contribution in [0.15, 0.2) is 18.3 Å². The number of ether oxygens (including phenoxy) is 1. The Morgan fingerprint density at radius 2 is 2.22 bits per heavy atom. The summed E-state index contributed by atoms with van der Waals surface area (Å²) < 4.78 is 5.17. The smallest absolute Gasteiger partial charge is 0.128 e. The fraction of sp³-hybridized carbons (Fsp3) is 0.643. The molecule has 0 saturated heterocycles. The van der Waals surface area contributed by atoms with Crippen LogP contribution in [0.2, 0.25) is 0 Å². The van der Waals surface area contributed by atoms with Gasteiger partial charge in [-0.1, -0.05) is 13.8 Å². The highest BCUT2D eigenvalue weighted by molar-refractivity contribution is 5.41. The van der Waals surface area contributed by atoms with E-state index in [1.165, 1.54) is 5.56 Å². The maximum absolute atomic E-state index is 5.17. The molecular formula is C14H25N3O. The molecule has 4 heteroatoms. The molecule has 1 aromatic rings. The highest BCUT2D eigenvalue weighted by atomic mass is 16.5. The molecule has 0 saturated carbocycles. The monoisotopic (exact) mass is 251 g/mol. The van der Waals surface area contributed by atoms with Crippen LogP contribution in [0.25, 0.3) is 0 Å². The van der Waals surface area contributed by atoms with E-state index in [1.807, 2.05) is 19.3 Å². The van der Waals surface area contributed by atoms with E-state index in [0.29, 0.717) is 5.92 Å². The molecule has 18 heavy (non-hydrogen) atoms. The molecule has 0 radical (unpaired) electrons. The van der Waals surface area contributed by atoms with Crippen molar-refractivity contribution in [1.29, 1.82) is 0 Å². The Morgan fingerprint density at radius 1 is 1.44 bits per heavy atom. The van der Waals surface area contributed by atoms with Crippen molar-refractivity contribution in [3.05, 3.63) is 23.9 Å². The van der Waals surface area contributed by atoms with Crippen LogP contribution in [0.3, 0.4) is 0 Å². The minimum atomic E-state index is 0.608. The number of pyridine rings is 1. The Morgan fingerprint density at radius 3 is 2.83 bits per heavy atom.